The molecular formula is C20H23FO5. The molecule has 2 aromatic rings. The Bertz CT molecular complexity index is 763. The third kappa shape index (κ3) is 4.07. The van der Waals surface area contributed by atoms with E-state index < -0.39 is 5.82 Å². The van der Waals surface area contributed by atoms with Gasteiger partial charge in [-0.05, 0) is 36.2 Å². The summed E-state index contributed by atoms with van der Waals surface area (Å²) in [5.41, 5.74) is 1.16. The van der Waals surface area contributed by atoms with Crippen molar-refractivity contribution < 1.29 is 28.1 Å². The molecule has 0 amide bonds. The number of Topliss-reactive ketones (excluding diaryl/α,β-unsaturated/α-hetero) is 1. The first kappa shape index (κ1) is 19.6. The molecule has 0 spiro atoms. The van der Waals surface area contributed by atoms with Gasteiger partial charge in [0.05, 0.1) is 28.4 Å². The Morgan fingerprint density at radius 1 is 0.923 bits per heavy atom. The van der Waals surface area contributed by atoms with Crippen LogP contribution < -0.4 is 18.9 Å². The summed E-state index contributed by atoms with van der Waals surface area (Å²) in [5, 5.41) is 0. The predicted octanol–water partition coefficient (Wildman–Crippen LogP) is 3.92. The lowest BCUT2D eigenvalue weighted by Gasteiger charge is -2.16. The summed E-state index contributed by atoms with van der Waals surface area (Å²) in [5.74, 6) is 0.535. The van der Waals surface area contributed by atoms with Gasteiger partial charge in [0.1, 0.15) is 0 Å². The molecule has 0 heterocycles. The monoisotopic (exact) mass is 362 g/mol. The van der Waals surface area contributed by atoms with Gasteiger partial charge < -0.3 is 18.9 Å². The average molecular weight is 362 g/mol. The lowest BCUT2D eigenvalue weighted by Crippen LogP contribution is -2.14. The summed E-state index contributed by atoms with van der Waals surface area (Å²) < 4.78 is 34.6. The van der Waals surface area contributed by atoms with Crippen molar-refractivity contribution in [2.75, 3.05) is 28.4 Å². The molecule has 2 aromatic carbocycles. The normalized spacial score (nSPS) is 11.6. The van der Waals surface area contributed by atoms with Crippen molar-refractivity contribution in [3.63, 3.8) is 0 Å². The summed E-state index contributed by atoms with van der Waals surface area (Å²) in [7, 11) is 5.90. The molecule has 1 atom stereocenters. The number of halogens is 1. The topological polar surface area (TPSA) is 54.0 Å². The number of hydrogen-bond acceptors (Lipinski definition) is 5. The standard InChI is InChI=1S/C20H23FO5/c1-12(8-13-6-7-16(23-2)15(21)9-13)19(22)14-10-17(24-3)20(26-5)18(11-14)25-4/h6-7,9-12H,8H2,1-5H3. The van der Waals surface area contributed by atoms with Gasteiger partial charge in [0.15, 0.2) is 28.8 Å². The van der Waals surface area contributed by atoms with Crippen LogP contribution in [0, 0.1) is 11.7 Å². The molecule has 0 saturated carbocycles. The second-order valence-corrected chi connectivity index (χ2v) is 5.85. The van der Waals surface area contributed by atoms with Crippen LogP contribution in [-0.4, -0.2) is 34.2 Å². The predicted molar refractivity (Wildman–Crippen MR) is 96.2 cm³/mol. The highest BCUT2D eigenvalue weighted by atomic mass is 19.1. The molecule has 1 unspecified atom stereocenters. The van der Waals surface area contributed by atoms with E-state index in [1.807, 2.05) is 0 Å². The molecule has 0 bridgehead atoms. The summed E-state index contributed by atoms with van der Waals surface area (Å²) >= 11 is 0. The minimum Gasteiger partial charge on any atom is -0.494 e. The lowest BCUT2D eigenvalue weighted by molar-refractivity contribution is 0.0928. The van der Waals surface area contributed by atoms with Crippen molar-refractivity contribution >= 4 is 5.78 Å². The van der Waals surface area contributed by atoms with Crippen molar-refractivity contribution in [2.24, 2.45) is 5.92 Å². The quantitative estimate of drug-likeness (QED) is 0.666. The summed E-state index contributed by atoms with van der Waals surface area (Å²) in [4.78, 5) is 12.8. The maximum Gasteiger partial charge on any atom is 0.203 e. The fraction of sp³-hybridized carbons (Fsp3) is 0.350. The Hall–Kier alpha value is -2.76. The van der Waals surface area contributed by atoms with Crippen LogP contribution in [0.15, 0.2) is 30.3 Å². The number of rotatable bonds is 8. The van der Waals surface area contributed by atoms with Crippen LogP contribution in [0.2, 0.25) is 0 Å². The molecule has 0 N–H and O–H groups in total. The molecule has 140 valence electrons. The molecule has 0 aliphatic heterocycles. The zero-order valence-electron chi connectivity index (χ0n) is 15.6. The summed E-state index contributed by atoms with van der Waals surface area (Å²) in [6, 6.07) is 7.93. The first-order valence-corrected chi connectivity index (χ1v) is 8.11. The van der Waals surface area contributed by atoms with Crippen LogP contribution in [0.25, 0.3) is 0 Å². The molecule has 0 fully saturated rings. The lowest BCUT2D eigenvalue weighted by atomic mass is 9.92. The summed E-state index contributed by atoms with van der Waals surface area (Å²) in [6.07, 6.45) is 0.399. The van der Waals surface area contributed by atoms with E-state index in [0.29, 0.717) is 29.2 Å². The van der Waals surface area contributed by atoms with Crippen LogP contribution in [0.1, 0.15) is 22.8 Å². The van der Waals surface area contributed by atoms with Gasteiger partial charge in [-0.25, -0.2) is 4.39 Å². The summed E-state index contributed by atoms with van der Waals surface area (Å²) in [6.45, 7) is 1.80. The smallest absolute Gasteiger partial charge is 0.203 e. The maximum absolute atomic E-state index is 13.8. The zero-order valence-corrected chi connectivity index (χ0v) is 15.6. The van der Waals surface area contributed by atoms with E-state index in [1.54, 1.807) is 31.2 Å². The molecule has 0 aliphatic rings. The van der Waals surface area contributed by atoms with Crippen molar-refractivity contribution in [2.45, 2.75) is 13.3 Å². The number of benzene rings is 2. The molecule has 0 aliphatic carbocycles. The molecule has 6 heteroatoms. The fourth-order valence-corrected chi connectivity index (χ4v) is 2.79. The van der Waals surface area contributed by atoms with Gasteiger partial charge in [0.2, 0.25) is 5.75 Å². The maximum atomic E-state index is 13.8. The molecule has 2 rings (SSSR count). The van der Waals surface area contributed by atoms with Gasteiger partial charge in [0.25, 0.3) is 0 Å². The van der Waals surface area contributed by atoms with Crippen LogP contribution in [0.3, 0.4) is 0 Å². The Morgan fingerprint density at radius 2 is 1.50 bits per heavy atom. The van der Waals surface area contributed by atoms with Crippen molar-refractivity contribution in [1.82, 2.24) is 0 Å². The third-order valence-electron chi connectivity index (χ3n) is 4.15. The molecule has 0 radical (unpaired) electrons. The zero-order chi connectivity index (χ0) is 19.3. The van der Waals surface area contributed by atoms with Gasteiger partial charge in [0, 0.05) is 11.5 Å². The van der Waals surface area contributed by atoms with Crippen LogP contribution >= 0.6 is 0 Å². The van der Waals surface area contributed by atoms with Crippen molar-refractivity contribution in [1.29, 1.82) is 0 Å². The molecular weight excluding hydrogens is 339 g/mol. The first-order valence-electron chi connectivity index (χ1n) is 8.11. The number of ketones is 1. The number of methoxy groups -OCH3 is 4. The Morgan fingerprint density at radius 3 is 1.96 bits per heavy atom. The van der Waals surface area contributed by atoms with Crippen LogP contribution in [0.5, 0.6) is 23.0 Å². The van der Waals surface area contributed by atoms with E-state index in [1.165, 1.54) is 34.5 Å². The largest absolute Gasteiger partial charge is 0.494 e. The minimum atomic E-state index is -0.447. The van der Waals surface area contributed by atoms with Crippen molar-refractivity contribution in [3.8, 4) is 23.0 Å². The SMILES string of the molecule is COc1ccc(CC(C)C(=O)c2cc(OC)c(OC)c(OC)c2)cc1F. The third-order valence-corrected chi connectivity index (χ3v) is 4.15. The van der Waals surface area contributed by atoms with E-state index in [2.05, 4.69) is 0 Å². The van der Waals surface area contributed by atoms with Gasteiger partial charge in [-0.2, -0.15) is 0 Å². The van der Waals surface area contributed by atoms with Crippen molar-refractivity contribution in [3.05, 3.63) is 47.3 Å². The Labute approximate surface area is 152 Å². The number of ether oxygens (including phenoxy) is 4. The molecule has 26 heavy (non-hydrogen) atoms. The Kier molecular flexibility index (Phi) is 6.44. The minimum absolute atomic E-state index is 0.0968. The van der Waals surface area contributed by atoms with Crippen LogP contribution in [0.4, 0.5) is 4.39 Å². The number of carbonyl (C=O) groups excluding carboxylic acids is 1. The molecule has 5 nitrogen and oxygen atoms in total. The fourth-order valence-electron chi connectivity index (χ4n) is 2.79. The highest BCUT2D eigenvalue weighted by molar-refractivity contribution is 5.99. The second kappa shape index (κ2) is 8.56. The highest BCUT2D eigenvalue weighted by Crippen LogP contribution is 2.38. The van der Waals surface area contributed by atoms with Gasteiger partial charge in [-0.3, -0.25) is 4.79 Å². The van der Waals surface area contributed by atoms with E-state index >= 15 is 0 Å². The number of hydrogen-bond donors (Lipinski definition) is 0. The first-order chi connectivity index (χ1) is 12.4. The van der Waals surface area contributed by atoms with E-state index in [0.717, 1.165) is 5.56 Å². The number of carbonyl (C=O) groups is 1. The van der Waals surface area contributed by atoms with E-state index in [4.69, 9.17) is 18.9 Å². The van der Waals surface area contributed by atoms with E-state index in [9.17, 15) is 9.18 Å². The average Bonchev–Trinajstić information content (AvgIpc) is 2.66. The Balaban J connectivity index is 2.26. The van der Waals surface area contributed by atoms with Gasteiger partial charge in [-0.15, -0.1) is 0 Å². The molecule has 0 saturated heterocycles. The van der Waals surface area contributed by atoms with E-state index in [-0.39, 0.29) is 17.5 Å². The molecule has 0 aromatic heterocycles. The highest BCUT2D eigenvalue weighted by Gasteiger charge is 2.21. The van der Waals surface area contributed by atoms with Crippen LogP contribution in [-0.2, 0) is 6.42 Å². The second-order valence-electron chi connectivity index (χ2n) is 5.85. The van der Waals surface area contributed by atoms with Gasteiger partial charge in [-0.1, -0.05) is 13.0 Å². The van der Waals surface area contributed by atoms with Gasteiger partial charge >= 0.3 is 0 Å².